The number of hydrogen-bond acceptors (Lipinski definition) is 7. The molecule has 0 spiro atoms. The Kier molecular flexibility index (Phi) is 7.85. The standard InChI is InChI=1S/C20H18ClFN4O4S/c1-26(10-17(27)23-14-8-6-13(22)7-9-14)19(28)12-31-20-25-24-18(30-20)11-29-16-5-3-2-4-15(16)21/h2-9H,10-12H2,1H3,(H,23,27). The van der Waals surface area contributed by atoms with E-state index >= 15 is 0 Å². The fourth-order valence-electron chi connectivity index (χ4n) is 2.33. The van der Waals surface area contributed by atoms with Crippen LogP contribution in [0.3, 0.4) is 0 Å². The summed E-state index contributed by atoms with van der Waals surface area (Å²) in [6.07, 6.45) is 0. The summed E-state index contributed by atoms with van der Waals surface area (Å²) in [4.78, 5) is 25.6. The summed E-state index contributed by atoms with van der Waals surface area (Å²) in [5.74, 6) is -0.362. The van der Waals surface area contributed by atoms with Gasteiger partial charge in [0.2, 0.25) is 11.8 Å². The van der Waals surface area contributed by atoms with E-state index in [9.17, 15) is 14.0 Å². The van der Waals surface area contributed by atoms with Crippen LogP contribution in [0.15, 0.2) is 58.2 Å². The van der Waals surface area contributed by atoms with E-state index < -0.39 is 11.7 Å². The molecular formula is C20H18ClFN4O4S. The third-order valence-corrected chi connectivity index (χ3v) is 5.01. The van der Waals surface area contributed by atoms with E-state index in [0.29, 0.717) is 16.5 Å². The van der Waals surface area contributed by atoms with Crippen LogP contribution in [-0.2, 0) is 16.2 Å². The van der Waals surface area contributed by atoms with Gasteiger partial charge >= 0.3 is 0 Å². The summed E-state index contributed by atoms with van der Waals surface area (Å²) in [5, 5.41) is 11.0. The lowest BCUT2D eigenvalue weighted by Crippen LogP contribution is -2.35. The van der Waals surface area contributed by atoms with Gasteiger partial charge in [0, 0.05) is 12.7 Å². The van der Waals surface area contributed by atoms with Crippen LogP contribution in [0.4, 0.5) is 10.1 Å². The number of ether oxygens (including phenoxy) is 1. The second-order valence-electron chi connectivity index (χ2n) is 6.27. The number of carbonyl (C=O) groups is 2. The van der Waals surface area contributed by atoms with Gasteiger partial charge in [-0.2, -0.15) is 0 Å². The molecular weight excluding hydrogens is 447 g/mol. The number of anilines is 1. The number of likely N-dealkylation sites (N-methyl/N-ethyl adjacent to an activating group) is 1. The molecule has 2 amide bonds. The number of benzene rings is 2. The Bertz CT molecular complexity index is 1050. The minimum Gasteiger partial charge on any atom is -0.482 e. The Balaban J connectivity index is 1.42. The Hall–Kier alpha value is -3.11. The summed E-state index contributed by atoms with van der Waals surface area (Å²) in [7, 11) is 1.50. The molecule has 1 heterocycles. The molecule has 0 saturated heterocycles. The molecule has 3 aromatic rings. The van der Waals surface area contributed by atoms with Crippen molar-refractivity contribution in [3.05, 3.63) is 65.3 Å². The van der Waals surface area contributed by atoms with E-state index in [2.05, 4.69) is 15.5 Å². The Morgan fingerprint density at radius 1 is 1.19 bits per heavy atom. The van der Waals surface area contributed by atoms with Crippen LogP contribution >= 0.6 is 23.4 Å². The first kappa shape index (κ1) is 22.6. The van der Waals surface area contributed by atoms with Crippen molar-refractivity contribution in [2.75, 3.05) is 24.7 Å². The van der Waals surface area contributed by atoms with Gasteiger partial charge in [-0.05, 0) is 36.4 Å². The first-order valence-corrected chi connectivity index (χ1v) is 10.4. The highest BCUT2D eigenvalue weighted by molar-refractivity contribution is 7.99. The maximum atomic E-state index is 12.9. The fraction of sp³-hybridized carbons (Fsp3) is 0.200. The van der Waals surface area contributed by atoms with E-state index in [1.54, 1.807) is 24.3 Å². The number of rotatable bonds is 9. The van der Waals surface area contributed by atoms with E-state index in [0.717, 1.165) is 11.8 Å². The largest absolute Gasteiger partial charge is 0.482 e. The van der Waals surface area contributed by atoms with E-state index in [-0.39, 0.29) is 35.9 Å². The smallest absolute Gasteiger partial charge is 0.277 e. The predicted octanol–water partition coefficient (Wildman–Crippen LogP) is 3.63. The molecule has 0 saturated carbocycles. The summed E-state index contributed by atoms with van der Waals surface area (Å²) >= 11 is 7.06. The molecule has 1 N–H and O–H groups in total. The second kappa shape index (κ2) is 10.8. The molecule has 0 bridgehead atoms. The van der Waals surface area contributed by atoms with Crippen LogP contribution in [0.5, 0.6) is 5.75 Å². The van der Waals surface area contributed by atoms with Crippen molar-refractivity contribution >= 4 is 40.9 Å². The quantitative estimate of drug-likeness (QED) is 0.483. The van der Waals surface area contributed by atoms with Gasteiger partial charge in [0.25, 0.3) is 11.1 Å². The number of hydrogen-bond donors (Lipinski definition) is 1. The zero-order valence-corrected chi connectivity index (χ0v) is 18.0. The second-order valence-corrected chi connectivity index (χ2v) is 7.61. The monoisotopic (exact) mass is 464 g/mol. The number of halogens is 2. The number of carbonyl (C=O) groups excluding carboxylic acids is 2. The maximum Gasteiger partial charge on any atom is 0.277 e. The van der Waals surface area contributed by atoms with E-state index in [1.807, 2.05) is 0 Å². The van der Waals surface area contributed by atoms with Crippen LogP contribution in [0, 0.1) is 5.82 Å². The third-order valence-electron chi connectivity index (χ3n) is 3.89. The lowest BCUT2D eigenvalue weighted by Gasteiger charge is -2.16. The van der Waals surface area contributed by atoms with Crippen LogP contribution < -0.4 is 10.1 Å². The van der Waals surface area contributed by atoms with Crippen molar-refractivity contribution in [1.29, 1.82) is 0 Å². The first-order chi connectivity index (χ1) is 14.9. The fourth-order valence-corrected chi connectivity index (χ4v) is 3.24. The van der Waals surface area contributed by atoms with Crippen molar-refractivity contribution < 1.29 is 23.1 Å². The normalized spacial score (nSPS) is 10.5. The Morgan fingerprint density at radius 3 is 2.68 bits per heavy atom. The summed E-state index contributed by atoms with van der Waals surface area (Å²) in [5.41, 5.74) is 0.444. The summed E-state index contributed by atoms with van der Waals surface area (Å²) in [6.45, 7) is -0.119. The van der Waals surface area contributed by atoms with E-state index in [1.165, 1.54) is 36.2 Å². The van der Waals surface area contributed by atoms with E-state index in [4.69, 9.17) is 20.8 Å². The molecule has 1 aromatic heterocycles. The third kappa shape index (κ3) is 6.97. The van der Waals surface area contributed by atoms with Gasteiger partial charge in [-0.3, -0.25) is 9.59 Å². The molecule has 2 aromatic carbocycles. The number of nitrogens with zero attached hydrogens (tertiary/aromatic N) is 3. The van der Waals surface area contributed by atoms with Crippen molar-refractivity contribution in [3.63, 3.8) is 0 Å². The van der Waals surface area contributed by atoms with Crippen molar-refractivity contribution in [1.82, 2.24) is 15.1 Å². The molecule has 31 heavy (non-hydrogen) atoms. The molecule has 0 fully saturated rings. The highest BCUT2D eigenvalue weighted by Crippen LogP contribution is 2.24. The zero-order chi connectivity index (χ0) is 22.2. The van der Waals surface area contributed by atoms with Gasteiger partial charge in [-0.1, -0.05) is 35.5 Å². The lowest BCUT2D eigenvalue weighted by atomic mass is 10.3. The molecule has 0 aliphatic heterocycles. The SMILES string of the molecule is CN(CC(=O)Nc1ccc(F)cc1)C(=O)CSc1nnc(COc2ccccc2Cl)o1. The Labute approximate surface area is 186 Å². The highest BCUT2D eigenvalue weighted by Gasteiger charge is 2.16. The average Bonchev–Trinajstić information content (AvgIpc) is 3.21. The molecule has 11 heteroatoms. The van der Waals surface area contributed by atoms with Gasteiger partial charge < -0.3 is 19.4 Å². The summed E-state index contributed by atoms with van der Waals surface area (Å²) < 4.78 is 23.9. The zero-order valence-electron chi connectivity index (χ0n) is 16.4. The number of thioether (sulfide) groups is 1. The minimum absolute atomic E-state index is 0.00727. The Morgan fingerprint density at radius 2 is 1.94 bits per heavy atom. The number of nitrogens with one attached hydrogen (secondary N) is 1. The number of amides is 2. The van der Waals surface area contributed by atoms with Gasteiger partial charge in [0.15, 0.2) is 6.61 Å². The van der Waals surface area contributed by atoms with Gasteiger partial charge in [-0.25, -0.2) is 4.39 Å². The number of para-hydroxylation sites is 1. The molecule has 3 rings (SSSR count). The molecule has 162 valence electrons. The van der Waals surface area contributed by atoms with Crippen molar-refractivity contribution in [2.24, 2.45) is 0 Å². The predicted molar refractivity (Wildman–Crippen MR) is 113 cm³/mol. The van der Waals surface area contributed by atoms with Crippen molar-refractivity contribution in [3.8, 4) is 5.75 Å². The van der Waals surface area contributed by atoms with Crippen LogP contribution in [-0.4, -0.2) is 46.3 Å². The summed E-state index contributed by atoms with van der Waals surface area (Å²) in [6, 6.07) is 12.3. The lowest BCUT2D eigenvalue weighted by molar-refractivity contribution is -0.131. The molecule has 0 aliphatic carbocycles. The average molecular weight is 465 g/mol. The van der Waals surface area contributed by atoms with Crippen molar-refractivity contribution in [2.45, 2.75) is 11.8 Å². The minimum atomic E-state index is -0.401. The molecule has 0 atom stereocenters. The van der Waals surface area contributed by atoms with Gasteiger partial charge in [0.1, 0.15) is 11.6 Å². The topological polar surface area (TPSA) is 97.6 Å². The highest BCUT2D eigenvalue weighted by atomic mass is 35.5. The van der Waals surface area contributed by atoms with Crippen LogP contribution in [0.2, 0.25) is 5.02 Å². The molecule has 0 aliphatic rings. The molecule has 0 radical (unpaired) electrons. The molecule has 0 unspecified atom stereocenters. The van der Waals surface area contributed by atoms with Crippen LogP contribution in [0.1, 0.15) is 5.89 Å². The first-order valence-electron chi connectivity index (χ1n) is 9.02. The van der Waals surface area contributed by atoms with Crippen LogP contribution in [0.25, 0.3) is 0 Å². The van der Waals surface area contributed by atoms with Gasteiger partial charge in [-0.15, -0.1) is 10.2 Å². The van der Waals surface area contributed by atoms with Gasteiger partial charge in [0.05, 0.1) is 17.3 Å². The molecule has 8 nitrogen and oxygen atoms in total. The maximum absolute atomic E-state index is 12.9. The number of aromatic nitrogens is 2.